The minimum Gasteiger partial charge on any atom is -0.375 e. The molecule has 0 aromatic heterocycles. The Hall–Kier alpha value is -1.10. The predicted molar refractivity (Wildman–Crippen MR) is 108 cm³/mol. The molecular weight excluding hydrogens is 328 g/mol. The highest BCUT2D eigenvalue weighted by molar-refractivity contribution is 5.80. The lowest BCUT2D eigenvalue weighted by Gasteiger charge is -2.35. The predicted octanol–water partition coefficient (Wildman–Crippen LogP) is 4.19. The molecular formula is C21H42N2O3. The summed E-state index contributed by atoms with van der Waals surface area (Å²) in [5.74, 6) is -0.151. The van der Waals surface area contributed by atoms with Gasteiger partial charge in [0, 0.05) is 19.6 Å². The number of primary amides is 1. The monoisotopic (exact) mass is 370 g/mol. The molecule has 0 spiro atoms. The first-order valence-corrected chi connectivity index (χ1v) is 10.2. The quantitative estimate of drug-likeness (QED) is 0.510. The summed E-state index contributed by atoms with van der Waals surface area (Å²) in [7, 11) is 0. The van der Waals surface area contributed by atoms with Crippen molar-refractivity contribution in [2.24, 2.45) is 16.6 Å². The number of carbonyl (C=O) groups excluding carboxylic acids is 2. The van der Waals surface area contributed by atoms with Gasteiger partial charge in [0.25, 0.3) is 0 Å². The number of amides is 2. The van der Waals surface area contributed by atoms with Crippen LogP contribution in [0.2, 0.25) is 0 Å². The van der Waals surface area contributed by atoms with Crippen LogP contribution in [0.5, 0.6) is 0 Å². The van der Waals surface area contributed by atoms with Gasteiger partial charge in [0.2, 0.25) is 11.8 Å². The number of hydrogen-bond donors (Lipinski definition) is 2. The summed E-state index contributed by atoms with van der Waals surface area (Å²) in [4.78, 5) is 23.9. The van der Waals surface area contributed by atoms with E-state index in [1.54, 1.807) is 0 Å². The molecule has 5 nitrogen and oxygen atoms in total. The van der Waals surface area contributed by atoms with Gasteiger partial charge in [0.1, 0.15) is 0 Å². The van der Waals surface area contributed by atoms with Crippen LogP contribution in [0, 0.1) is 10.8 Å². The zero-order chi connectivity index (χ0) is 20.4. The van der Waals surface area contributed by atoms with E-state index in [0.717, 1.165) is 32.1 Å². The smallest absolute Gasteiger partial charge is 0.223 e. The van der Waals surface area contributed by atoms with Gasteiger partial charge in [-0.15, -0.1) is 0 Å². The van der Waals surface area contributed by atoms with Gasteiger partial charge in [-0.25, -0.2) is 0 Å². The van der Waals surface area contributed by atoms with Gasteiger partial charge in [0.05, 0.1) is 11.0 Å². The van der Waals surface area contributed by atoms with Gasteiger partial charge >= 0.3 is 0 Å². The molecule has 0 aliphatic rings. The van der Waals surface area contributed by atoms with Crippen molar-refractivity contribution in [3.8, 4) is 0 Å². The van der Waals surface area contributed by atoms with Gasteiger partial charge in [-0.05, 0) is 43.9 Å². The fraction of sp³-hybridized carbons (Fsp3) is 0.905. The Labute approximate surface area is 160 Å². The third-order valence-corrected chi connectivity index (χ3v) is 5.75. The number of ether oxygens (including phenoxy) is 1. The van der Waals surface area contributed by atoms with Crippen molar-refractivity contribution < 1.29 is 14.3 Å². The minimum absolute atomic E-state index is 0.00835. The van der Waals surface area contributed by atoms with Crippen molar-refractivity contribution >= 4 is 11.8 Å². The zero-order valence-electron chi connectivity index (χ0n) is 18.2. The van der Waals surface area contributed by atoms with E-state index in [1.165, 1.54) is 0 Å². The summed E-state index contributed by atoms with van der Waals surface area (Å²) in [5.41, 5.74) is 4.88. The highest BCUT2D eigenvalue weighted by Crippen LogP contribution is 2.32. The summed E-state index contributed by atoms with van der Waals surface area (Å²) < 4.78 is 6.26. The summed E-state index contributed by atoms with van der Waals surface area (Å²) in [6.07, 6.45) is 5.16. The second-order valence-electron chi connectivity index (χ2n) is 8.68. The van der Waals surface area contributed by atoms with Gasteiger partial charge in [-0.3, -0.25) is 9.59 Å². The molecule has 26 heavy (non-hydrogen) atoms. The van der Waals surface area contributed by atoms with E-state index in [2.05, 4.69) is 39.9 Å². The van der Waals surface area contributed by atoms with Crippen molar-refractivity contribution in [2.75, 3.05) is 13.2 Å². The lowest BCUT2D eigenvalue weighted by molar-refractivity contribution is -0.132. The second kappa shape index (κ2) is 10.9. The summed E-state index contributed by atoms with van der Waals surface area (Å²) in [6.45, 7) is 15.5. The maximum atomic E-state index is 12.0. The van der Waals surface area contributed by atoms with Crippen LogP contribution in [0.3, 0.4) is 0 Å². The molecule has 0 rings (SSSR count). The number of hydrogen-bond acceptors (Lipinski definition) is 3. The lowest BCUT2D eigenvalue weighted by atomic mass is 9.78. The number of nitrogens with two attached hydrogens (primary N) is 1. The molecule has 0 saturated heterocycles. The van der Waals surface area contributed by atoms with Crippen LogP contribution < -0.4 is 11.1 Å². The molecule has 2 amide bonds. The molecule has 0 radical (unpaired) electrons. The Morgan fingerprint density at radius 3 is 1.85 bits per heavy atom. The third-order valence-electron chi connectivity index (χ3n) is 5.75. The Morgan fingerprint density at radius 2 is 1.46 bits per heavy atom. The molecule has 0 aliphatic heterocycles. The number of nitrogens with one attached hydrogen (secondary N) is 1. The molecule has 0 unspecified atom stereocenters. The van der Waals surface area contributed by atoms with Crippen LogP contribution in [-0.2, 0) is 14.3 Å². The fourth-order valence-corrected chi connectivity index (χ4v) is 3.39. The largest absolute Gasteiger partial charge is 0.375 e. The molecule has 0 fully saturated rings. The van der Waals surface area contributed by atoms with E-state index in [0.29, 0.717) is 26.0 Å². The van der Waals surface area contributed by atoms with Crippen LogP contribution in [-0.4, -0.2) is 30.6 Å². The third kappa shape index (κ3) is 8.07. The van der Waals surface area contributed by atoms with Gasteiger partial charge < -0.3 is 15.8 Å². The molecule has 0 aliphatic carbocycles. The van der Waals surface area contributed by atoms with Gasteiger partial charge in [-0.2, -0.15) is 0 Å². The van der Waals surface area contributed by atoms with Crippen LogP contribution in [0.1, 0.15) is 93.4 Å². The SMILES string of the molecule is CCC(CC)(CCNC(=O)CC(C)(C)C)OCCC(CC)(CC)C(N)=O. The Balaban J connectivity index is 4.66. The molecule has 0 aromatic rings. The van der Waals surface area contributed by atoms with Crippen LogP contribution in [0.25, 0.3) is 0 Å². The average molecular weight is 371 g/mol. The molecule has 5 heteroatoms. The molecule has 0 saturated carbocycles. The summed E-state index contributed by atoms with van der Waals surface area (Å²) in [5, 5.41) is 3.02. The van der Waals surface area contributed by atoms with E-state index >= 15 is 0 Å². The van der Waals surface area contributed by atoms with Crippen molar-refractivity contribution in [1.29, 1.82) is 0 Å². The number of carbonyl (C=O) groups is 2. The van der Waals surface area contributed by atoms with Crippen molar-refractivity contribution in [3.63, 3.8) is 0 Å². The Morgan fingerprint density at radius 1 is 0.923 bits per heavy atom. The maximum absolute atomic E-state index is 12.0. The summed E-state index contributed by atoms with van der Waals surface area (Å²) in [6, 6.07) is 0. The van der Waals surface area contributed by atoms with Crippen LogP contribution >= 0.6 is 0 Å². The fourth-order valence-electron chi connectivity index (χ4n) is 3.39. The van der Waals surface area contributed by atoms with Crippen molar-refractivity contribution in [1.82, 2.24) is 5.32 Å². The Bertz CT molecular complexity index is 433. The molecule has 0 bridgehead atoms. The lowest BCUT2D eigenvalue weighted by Crippen LogP contribution is -2.40. The molecule has 0 aromatic carbocycles. The second-order valence-corrected chi connectivity index (χ2v) is 8.68. The van der Waals surface area contributed by atoms with E-state index in [1.807, 2.05) is 13.8 Å². The highest BCUT2D eigenvalue weighted by atomic mass is 16.5. The van der Waals surface area contributed by atoms with E-state index < -0.39 is 5.41 Å². The first-order valence-electron chi connectivity index (χ1n) is 10.2. The minimum atomic E-state index is -0.478. The van der Waals surface area contributed by atoms with Crippen LogP contribution in [0.15, 0.2) is 0 Å². The standard InChI is InChI=1S/C21H42N2O3/c1-8-20(9-2,18(22)25)13-15-26-21(10-3,11-4)12-14-23-17(24)16-19(5,6)7/h8-16H2,1-7H3,(H2,22,25)(H,23,24). The van der Waals surface area contributed by atoms with Crippen molar-refractivity contribution in [2.45, 2.75) is 99.0 Å². The molecule has 0 atom stereocenters. The molecule has 3 N–H and O–H groups in total. The normalized spacial score (nSPS) is 12.9. The molecule has 0 heterocycles. The molecule has 154 valence electrons. The van der Waals surface area contributed by atoms with Gasteiger partial charge in [-0.1, -0.05) is 48.5 Å². The van der Waals surface area contributed by atoms with E-state index in [9.17, 15) is 9.59 Å². The Kier molecular flexibility index (Phi) is 10.4. The van der Waals surface area contributed by atoms with Crippen LogP contribution in [0.4, 0.5) is 0 Å². The van der Waals surface area contributed by atoms with E-state index in [4.69, 9.17) is 10.5 Å². The van der Waals surface area contributed by atoms with Crippen molar-refractivity contribution in [3.05, 3.63) is 0 Å². The summed E-state index contributed by atoms with van der Waals surface area (Å²) >= 11 is 0. The topological polar surface area (TPSA) is 81.4 Å². The number of rotatable bonds is 13. The van der Waals surface area contributed by atoms with E-state index in [-0.39, 0.29) is 22.8 Å². The average Bonchev–Trinajstić information content (AvgIpc) is 2.55. The maximum Gasteiger partial charge on any atom is 0.223 e. The first-order chi connectivity index (χ1) is 12.0. The van der Waals surface area contributed by atoms with Gasteiger partial charge in [0.15, 0.2) is 0 Å². The zero-order valence-corrected chi connectivity index (χ0v) is 18.2. The highest BCUT2D eigenvalue weighted by Gasteiger charge is 2.34. The first kappa shape index (κ1) is 24.9.